The van der Waals surface area contributed by atoms with Crippen LogP contribution in [-0.2, 0) is 11.3 Å². The van der Waals surface area contributed by atoms with E-state index in [2.05, 4.69) is 57.6 Å². The van der Waals surface area contributed by atoms with Crippen molar-refractivity contribution < 1.29 is 4.79 Å². The normalized spacial score (nSPS) is 21.6. The lowest BCUT2D eigenvalue weighted by molar-refractivity contribution is -0.125. The summed E-state index contributed by atoms with van der Waals surface area (Å²) >= 11 is 0. The van der Waals surface area contributed by atoms with Crippen LogP contribution in [0.5, 0.6) is 0 Å². The second-order valence-corrected chi connectivity index (χ2v) is 7.58. The molecule has 1 fully saturated rings. The Morgan fingerprint density at radius 2 is 1.77 bits per heavy atom. The quantitative estimate of drug-likeness (QED) is 0.575. The van der Waals surface area contributed by atoms with Gasteiger partial charge in [-0.2, -0.15) is 0 Å². The molecule has 1 N–H and O–H groups in total. The maximum Gasteiger partial charge on any atom is 0.223 e. The third kappa shape index (κ3) is 6.26. The molecule has 3 rings (SSSR count). The molecular weight excluding hydrogens is 322 g/mol. The monoisotopic (exact) mass is 355 g/mol. The summed E-state index contributed by atoms with van der Waals surface area (Å²) < 4.78 is 0. The number of hydrogen-bond donors (Lipinski definition) is 1. The molecular formula is C22H33N3O. The Balaban J connectivity index is 1.23. The van der Waals surface area contributed by atoms with Gasteiger partial charge in [-0.05, 0) is 44.2 Å². The van der Waals surface area contributed by atoms with Crippen molar-refractivity contribution in [3.8, 4) is 0 Å². The number of carbonyl (C=O) groups excluding carboxylic acids is 1. The Labute approximate surface area is 158 Å². The molecule has 1 aromatic rings. The fourth-order valence-electron chi connectivity index (χ4n) is 3.86. The Morgan fingerprint density at radius 3 is 2.50 bits per heavy atom. The van der Waals surface area contributed by atoms with E-state index in [1.165, 1.54) is 12.0 Å². The number of allylic oxidation sites excluding steroid dienone is 2. The van der Waals surface area contributed by atoms with Gasteiger partial charge in [0.05, 0.1) is 0 Å². The van der Waals surface area contributed by atoms with Gasteiger partial charge in [-0.25, -0.2) is 0 Å². The number of piperazine rings is 1. The minimum atomic E-state index is 0.206. The number of nitrogens with one attached hydrogen (secondary N) is 1. The van der Waals surface area contributed by atoms with Crippen LogP contribution in [0.2, 0.25) is 0 Å². The van der Waals surface area contributed by atoms with E-state index in [9.17, 15) is 4.79 Å². The Morgan fingerprint density at radius 1 is 1.00 bits per heavy atom. The second-order valence-electron chi connectivity index (χ2n) is 7.58. The summed E-state index contributed by atoms with van der Waals surface area (Å²) in [6, 6.07) is 10.7. The summed E-state index contributed by atoms with van der Waals surface area (Å²) in [5.41, 5.74) is 1.41. The lowest BCUT2D eigenvalue weighted by Gasteiger charge is -2.34. The molecule has 2 aliphatic rings. The minimum Gasteiger partial charge on any atom is -0.356 e. The lowest BCUT2D eigenvalue weighted by atomic mass is 9.94. The molecule has 1 saturated heterocycles. The zero-order valence-corrected chi connectivity index (χ0v) is 15.9. The number of nitrogens with zero attached hydrogens (tertiary/aromatic N) is 2. The highest BCUT2D eigenvalue weighted by atomic mass is 16.1. The molecule has 1 heterocycles. The highest BCUT2D eigenvalue weighted by Gasteiger charge is 2.18. The van der Waals surface area contributed by atoms with Gasteiger partial charge in [0.25, 0.3) is 0 Å². The molecule has 4 nitrogen and oxygen atoms in total. The van der Waals surface area contributed by atoms with Gasteiger partial charge in [-0.15, -0.1) is 0 Å². The fourth-order valence-corrected chi connectivity index (χ4v) is 3.86. The smallest absolute Gasteiger partial charge is 0.223 e. The van der Waals surface area contributed by atoms with Crippen LogP contribution in [0.15, 0.2) is 42.5 Å². The number of rotatable bonds is 8. The van der Waals surface area contributed by atoms with E-state index in [1.54, 1.807) is 0 Å². The largest absolute Gasteiger partial charge is 0.356 e. The van der Waals surface area contributed by atoms with Gasteiger partial charge in [0.1, 0.15) is 0 Å². The second kappa shape index (κ2) is 10.5. The number of amides is 1. The van der Waals surface area contributed by atoms with Gasteiger partial charge in [0.15, 0.2) is 0 Å². The van der Waals surface area contributed by atoms with Gasteiger partial charge in [0, 0.05) is 45.2 Å². The molecule has 0 radical (unpaired) electrons. The highest BCUT2D eigenvalue weighted by molar-refractivity contribution is 5.78. The van der Waals surface area contributed by atoms with Crippen LogP contribution in [0.25, 0.3) is 0 Å². The van der Waals surface area contributed by atoms with Crippen molar-refractivity contribution in [3.05, 3.63) is 48.0 Å². The molecule has 1 aliphatic carbocycles. The first-order chi connectivity index (χ1) is 12.8. The van der Waals surface area contributed by atoms with Gasteiger partial charge < -0.3 is 10.2 Å². The van der Waals surface area contributed by atoms with Crippen LogP contribution in [-0.4, -0.2) is 55.0 Å². The zero-order valence-electron chi connectivity index (χ0n) is 15.9. The third-order valence-corrected chi connectivity index (χ3v) is 5.55. The van der Waals surface area contributed by atoms with Crippen LogP contribution in [0.3, 0.4) is 0 Å². The maximum atomic E-state index is 12.1. The van der Waals surface area contributed by atoms with Crippen molar-refractivity contribution in [2.75, 3.05) is 39.3 Å². The Kier molecular flexibility index (Phi) is 7.71. The SMILES string of the molecule is O=C(NCCCCN1CCN(Cc2ccccc2)CC1)[C@H]1CC=CCC1. The predicted molar refractivity (Wildman–Crippen MR) is 107 cm³/mol. The number of benzene rings is 1. The molecule has 142 valence electrons. The summed E-state index contributed by atoms with van der Waals surface area (Å²) in [6.45, 7) is 7.67. The number of unbranched alkanes of at least 4 members (excludes halogenated alkanes) is 1. The maximum absolute atomic E-state index is 12.1. The molecule has 26 heavy (non-hydrogen) atoms. The molecule has 0 aromatic heterocycles. The molecule has 0 unspecified atom stereocenters. The molecule has 1 atom stereocenters. The first kappa shape index (κ1) is 19.1. The van der Waals surface area contributed by atoms with Crippen LogP contribution < -0.4 is 5.32 Å². The first-order valence-corrected chi connectivity index (χ1v) is 10.2. The van der Waals surface area contributed by atoms with Gasteiger partial charge in [0.2, 0.25) is 5.91 Å². The van der Waals surface area contributed by atoms with E-state index in [0.29, 0.717) is 0 Å². The standard InChI is InChI=1S/C22H33N3O/c26-22(21-11-5-2-6-12-21)23-13-7-8-14-24-15-17-25(18-16-24)19-20-9-3-1-4-10-20/h1-5,9-10,21H,6-8,11-19H2,(H,23,26)/t21-/m0/s1. The third-order valence-electron chi connectivity index (χ3n) is 5.55. The van der Waals surface area contributed by atoms with E-state index in [-0.39, 0.29) is 11.8 Å². The van der Waals surface area contributed by atoms with Crippen molar-refractivity contribution in [3.63, 3.8) is 0 Å². The summed E-state index contributed by atoms with van der Waals surface area (Å²) in [7, 11) is 0. The Hall–Kier alpha value is -1.65. The molecule has 1 aromatic carbocycles. The highest BCUT2D eigenvalue weighted by Crippen LogP contribution is 2.18. The van der Waals surface area contributed by atoms with E-state index >= 15 is 0 Å². The molecule has 4 heteroatoms. The van der Waals surface area contributed by atoms with Gasteiger partial charge >= 0.3 is 0 Å². The molecule has 1 aliphatic heterocycles. The summed E-state index contributed by atoms with van der Waals surface area (Å²) in [6.07, 6.45) is 9.56. The van der Waals surface area contributed by atoms with Crippen LogP contribution >= 0.6 is 0 Å². The van der Waals surface area contributed by atoms with Crippen molar-refractivity contribution in [1.82, 2.24) is 15.1 Å². The van der Waals surface area contributed by atoms with E-state index in [4.69, 9.17) is 0 Å². The summed E-state index contributed by atoms with van der Waals surface area (Å²) in [4.78, 5) is 17.2. The van der Waals surface area contributed by atoms with E-state index in [1.807, 2.05) is 0 Å². The Bertz CT molecular complexity index is 564. The van der Waals surface area contributed by atoms with Gasteiger partial charge in [-0.1, -0.05) is 42.5 Å². The average Bonchev–Trinajstić information content (AvgIpc) is 2.70. The van der Waals surface area contributed by atoms with Crippen molar-refractivity contribution in [2.24, 2.45) is 5.92 Å². The topological polar surface area (TPSA) is 35.6 Å². The van der Waals surface area contributed by atoms with Crippen LogP contribution in [0, 0.1) is 5.92 Å². The lowest BCUT2D eigenvalue weighted by Crippen LogP contribution is -2.46. The predicted octanol–water partition coefficient (Wildman–Crippen LogP) is 3.06. The number of carbonyl (C=O) groups is 1. The van der Waals surface area contributed by atoms with Crippen LogP contribution in [0.1, 0.15) is 37.7 Å². The molecule has 0 spiro atoms. The van der Waals surface area contributed by atoms with E-state index < -0.39 is 0 Å². The fraction of sp³-hybridized carbons (Fsp3) is 0.591. The van der Waals surface area contributed by atoms with Crippen molar-refractivity contribution in [1.29, 1.82) is 0 Å². The van der Waals surface area contributed by atoms with Gasteiger partial charge in [-0.3, -0.25) is 9.69 Å². The van der Waals surface area contributed by atoms with Crippen molar-refractivity contribution >= 4 is 5.91 Å². The molecule has 0 bridgehead atoms. The average molecular weight is 356 g/mol. The van der Waals surface area contributed by atoms with Crippen LogP contribution in [0.4, 0.5) is 0 Å². The van der Waals surface area contributed by atoms with E-state index in [0.717, 1.165) is 71.5 Å². The summed E-state index contributed by atoms with van der Waals surface area (Å²) in [5.74, 6) is 0.460. The molecule has 1 amide bonds. The summed E-state index contributed by atoms with van der Waals surface area (Å²) in [5, 5.41) is 3.12. The first-order valence-electron chi connectivity index (χ1n) is 10.2. The number of hydrogen-bond acceptors (Lipinski definition) is 3. The minimum absolute atomic E-state index is 0.206. The molecule has 0 saturated carbocycles. The zero-order chi connectivity index (χ0) is 18.0. The van der Waals surface area contributed by atoms with Crippen molar-refractivity contribution in [2.45, 2.75) is 38.6 Å².